The molecule has 21 heavy (non-hydrogen) atoms. The minimum Gasteiger partial charge on any atom is -0.383 e. The number of nitro benzene ring substituents is 1. The predicted octanol–water partition coefficient (Wildman–Crippen LogP) is 1.70. The van der Waals surface area contributed by atoms with Gasteiger partial charge in [0.15, 0.2) is 0 Å². The van der Waals surface area contributed by atoms with E-state index in [0.29, 0.717) is 12.1 Å². The number of methoxy groups -OCH3 is 1. The van der Waals surface area contributed by atoms with Gasteiger partial charge in [-0.15, -0.1) is 0 Å². The number of fused-ring (bicyclic) bond motifs is 1. The van der Waals surface area contributed by atoms with Crippen LogP contribution in [-0.4, -0.2) is 35.2 Å². The molecule has 112 valence electrons. The molecule has 0 saturated heterocycles. The average Bonchev–Trinajstić information content (AvgIpc) is 2.81. The molecule has 1 unspecified atom stereocenters. The molecule has 0 aliphatic rings. The van der Waals surface area contributed by atoms with Gasteiger partial charge in [0, 0.05) is 36.9 Å². The molecule has 1 aromatic heterocycles. The minimum absolute atomic E-state index is 0.00982. The van der Waals surface area contributed by atoms with Gasteiger partial charge in [0.2, 0.25) is 5.91 Å². The molecule has 0 aliphatic heterocycles. The molecule has 2 rings (SSSR count). The number of aromatic nitrogens is 1. The van der Waals surface area contributed by atoms with Gasteiger partial charge in [0.05, 0.1) is 17.0 Å². The maximum atomic E-state index is 11.9. The molecule has 1 atom stereocenters. The Hall–Kier alpha value is -2.41. The molecule has 0 radical (unpaired) electrons. The molecule has 0 fully saturated rings. The highest BCUT2D eigenvalue weighted by molar-refractivity contribution is 5.85. The molecule has 1 N–H and O–H groups in total. The summed E-state index contributed by atoms with van der Waals surface area (Å²) in [6.07, 6.45) is 1.74. The first-order chi connectivity index (χ1) is 10.0. The standard InChI is InChI=1S/C14H17N3O4/c1-10(9-21-2)15-14(18)8-16-6-5-11-3-4-12(17(19)20)7-13(11)16/h3-7,10H,8-9H2,1-2H3,(H,15,18). The smallest absolute Gasteiger partial charge is 0.271 e. The van der Waals surface area contributed by atoms with Gasteiger partial charge in [0.25, 0.3) is 5.69 Å². The zero-order chi connectivity index (χ0) is 15.4. The Bertz CT molecular complexity index is 665. The molecule has 2 aromatic rings. The third-order valence-electron chi connectivity index (χ3n) is 3.11. The van der Waals surface area contributed by atoms with Crippen LogP contribution in [0.15, 0.2) is 30.5 Å². The fraction of sp³-hybridized carbons (Fsp3) is 0.357. The monoisotopic (exact) mass is 291 g/mol. The summed E-state index contributed by atoms with van der Waals surface area (Å²) in [4.78, 5) is 22.3. The van der Waals surface area contributed by atoms with Crippen LogP contribution >= 0.6 is 0 Å². The van der Waals surface area contributed by atoms with Crippen molar-refractivity contribution in [3.8, 4) is 0 Å². The summed E-state index contributed by atoms with van der Waals surface area (Å²) in [7, 11) is 1.57. The second-order valence-corrected chi connectivity index (χ2v) is 4.87. The van der Waals surface area contributed by atoms with Crippen LogP contribution in [0.1, 0.15) is 6.92 Å². The normalized spacial score (nSPS) is 12.3. The first kappa shape index (κ1) is 15.0. The third-order valence-corrected chi connectivity index (χ3v) is 3.11. The van der Waals surface area contributed by atoms with E-state index in [0.717, 1.165) is 5.39 Å². The van der Waals surface area contributed by atoms with E-state index in [9.17, 15) is 14.9 Å². The van der Waals surface area contributed by atoms with Gasteiger partial charge in [-0.05, 0) is 19.1 Å². The number of carbonyl (C=O) groups is 1. The van der Waals surface area contributed by atoms with Gasteiger partial charge in [-0.25, -0.2) is 0 Å². The molecule has 1 aromatic carbocycles. The Labute approximate surface area is 121 Å². The number of nitro groups is 1. The van der Waals surface area contributed by atoms with Crippen LogP contribution in [-0.2, 0) is 16.1 Å². The first-order valence-electron chi connectivity index (χ1n) is 6.53. The fourth-order valence-electron chi connectivity index (χ4n) is 2.19. The van der Waals surface area contributed by atoms with E-state index in [-0.39, 0.29) is 24.2 Å². The van der Waals surface area contributed by atoms with Gasteiger partial charge in [-0.3, -0.25) is 14.9 Å². The summed E-state index contributed by atoms with van der Waals surface area (Å²) in [6, 6.07) is 6.34. The lowest BCUT2D eigenvalue weighted by atomic mass is 10.2. The molecule has 7 heteroatoms. The van der Waals surface area contributed by atoms with Crippen LogP contribution < -0.4 is 5.32 Å². The van der Waals surface area contributed by atoms with Gasteiger partial charge in [-0.2, -0.15) is 0 Å². The van der Waals surface area contributed by atoms with Crippen molar-refractivity contribution in [2.45, 2.75) is 19.5 Å². The maximum absolute atomic E-state index is 11.9. The molecule has 7 nitrogen and oxygen atoms in total. The average molecular weight is 291 g/mol. The molecular formula is C14H17N3O4. The summed E-state index contributed by atoms with van der Waals surface area (Å²) in [5, 5.41) is 14.5. The van der Waals surface area contributed by atoms with Crippen molar-refractivity contribution in [2.24, 2.45) is 0 Å². The number of benzene rings is 1. The number of rotatable bonds is 6. The van der Waals surface area contributed by atoms with E-state index in [1.54, 1.807) is 23.9 Å². The number of hydrogen-bond donors (Lipinski definition) is 1. The topological polar surface area (TPSA) is 86.4 Å². The highest BCUT2D eigenvalue weighted by Gasteiger charge is 2.12. The Balaban J connectivity index is 2.16. The van der Waals surface area contributed by atoms with Crippen LogP contribution in [0.4, 0.5) is 5.69 Å². The molecule has 0 saturated carbocycles. The van der Waals surface area contributed by atoms with E-state index in [1.165, 1.54) is 12.1 Å². The summed E-state index contributed by atoms with van der Waals surface area (Å²) in [5.74, 6) is -0.163. The molecule has 1 heterocycles. The van der Waals surface area contributed by atoms with E-state index in [2.05, 4.69) is 5.32 Å². The number of non-ortho nitro benzene ring substituents is 1. The Morgan fingerprint density at radius 1 is 1.48 bits per heavy atom. The van der Waals surface area contributed by atoms with Crippen molar-refractivity contribution in [3.63, 3.8) is 0 Å². The van der Waals surface area contributed by atoms with E-state index in [1.807, 2.05) is 13.0 Å². The van der Waals surface area contributed by atoms with Crippen molar-refractivity contribution in [1.29, 1.82) is 0 Å². The summed E-state index contributed by atoms with van der Waals surface area (Å²) >= 11 is 0. The number of carbonyl (C=O) groups excluding carboxylic acids is 1. The molecule has 1 amide bonds. The number of nitrogens with one attached hydrogen (secondary N) is 1. The van der Waals surface area contributed by atoms with Crippen molar-refractivity contribution >= 4 is 22.5 Å². The summed E-state index contributed by atoms with van der Waals surface area (Å²) in [5.41, 5.74) is 0.675. The lowest BCUT2D eigenvalue weighted by Gasteiger charge is -2.13. The van der Waals surface area contributed by atoms with Crippen LogP contribution in [0, 0.1) is 10.1 Å². The van der Waals surface area contributed by atoms with E-state index in [4.69, 9.17) is 4.74 Å². The number of amides is 1. The van der Waals surface area contributed by atoms with Crippen LogP contribution in [0.5, 0.6) is 0 Å². The van der Waals surface area contributed by atoms with Crippen molar-refractivity contribution < 1.29 is 14.5 Å². The van der Waals surface area contributed by atoms with Crippen LogP contribution in [0.3, 0.4) is 0 Å². The second kappa shape index (κ2) is 6.36. The molecule has 0 aliphatic carbocycles. The van der Waals surface area contributed by atoms with Gasteiger partial charge >= 0.3 is 0 Å². The Morgan fingerprint density at radius 3 is 2.90 bits per heavy atom. The second-order valence-electron chi connectivity index (χ2n) is 4.87. The Morgan fingerprint density at radius 2 is 2.24 bits per heavy atom. The van der Waals surface area contributed by atoms with Gasteiger partial charge < -0.3 is 14.6 Å². The van der Waals surface area contributed by atoms with Crippen molar-refractivity contribution in [1.82, 2.24) is 9.88 Å². The lowest BCUT2D eigenvalue weighted by Crippen LogP contribution is -2.37. The molecule has 0 bridgehead atoms. The fourth-order valence-corrected chi connectivity index (χ4v) is 2.19. The summed E-state index contributed by atoms with van der Waals surface area (Å²) < 4.78 is 6.65. The molecule has 0 spiro atoms. The minimum atomic E-state index is -0.447. The number of ether oxygens (including phenoxy) is 1. The quantitative estimate of drug-likeness (QED) is 0.648. The van der Waals surface area contributed by atoms with Crippen LogP contribution in [0.25, 0.3) is 10.9 Å². The zero-order valence-electron chi connectivity index (χ0n) is 11.9. The third kappa shape index (κ3) is 3.57. The number of nitrogens with zero attached hydrogens (tertiary/aromatic N) is 2. The largest absolute Gasteiger partial charge is 0.383 e. The number of hydrogen-bond acceptors (Lipinski definition) is 4. The Kier molecular flexibility index (Phi) is 4.54. The molecular weight excluding hydrogens is 274 g/mol. The van der Waals surface area contributed by atoms with E-state index < -0.39 is 4.92 Å². The van der Waals surface area contributed by atoms with Crippen LogP contribution in [0.2, 0.25) is 0 Å². The predicted molar refractivity (Wildman–Crippen MR) is 78.1 cm³/mol. The lowest BCUT2D eigenvalue weighted by molar-refractivity contribution is -0.384. The first-order valence-corrected chi connectivity index (χ1v) is 6.53. The van der Waals surface area contributed by atoms with Gasteiger partial charge in [-0.1, -0.05) is 0 Å². The summed E-state index contributed by atoms with van der Waals surface area (Å²) in [6.45, 7) is 2.39. The maximum Gasteiger partial charge on any atom is 0.271 e. The SMILES string of the molecule is COCC(C)NC(=O)Cn1ccc2ccc([N+](=O)[O-])cc21. The van der Waals surface area contributed by atoms with Crippen molar-refractivity contribution in [2.75, 3.05) is 13.7 Å². The van der Waals surface area contributed by atoms with E-state index >= 15 is 0 Å². The highest BCUT2D eigenvalue weighted by Crippen LogP contribution is 2.21. The highest BCUT2D eigenvalue weighted by atomic mass is 16.6. The van der Waals surface area contributed by atoms with Crippen molar-refractivity contribution in [3.05, 3.63) is 40.6 Å². The van der Waals surface area contributed by atoms with Gasteiger partial charge in [0.1, 0.15) is 6.54 Å². The zero-order valence-corrected chi connectivity index (χ0v) is 11.9.